The molecule has 2 aromatic heterocycles. The maximum absolute atomic E-state index is 12.0. The van der Waals surface area contributed by atoms with E-state index in [9.17, 15) is 4.79 Å². The Morgan fingerprint density at radius 2 is 2.17 bits per heavy atom. The zero-order chi connectivity index (χ0) is 16.2. The van der Waals surface area contributed by atoms with Gasteiger partial charge in [0.2, 0.25) is 5.91 Å². The van der Waals surface area contributed by atoms with Crippen LogP contribution in [0.4, 0.5) is 0 Å². The molecule has 0 aliphatic heterocycles. The first-order valence-electron chi connectivity index (χ1n) is 7.68. The molecule has 3 rings (SSSR count). The number of rotatable bonds is 6. The molecule has 0 fully saturated rings. The highest BCUT2D eigenvalue weighted by atomic mass is 32.1. The molecule has 2 heterocycles. The number of nitrogens with zero attached hydrogens (tertiary/aromatic N) is 2. The molecule has 6 heteroatoms. The van der Waals surface area contributed by atoms with E-state index in [0.29, 0.717) is 23.7 Å². The van der Waals surface area contributed by atoms with Crippen LogP contribution < -0.4 is 5.32 Å². The summed E-state index contributed by atoms with van der Waals surface area (Å²) >= 11 is 1.68. The van der Waals surface area contributed by atoms with E-state index in [-0.39, 0.29) is 12.3 Å². The van der Waals surface area contributed by atoms with Gasteiger partial charge >= 0.3 is 0 Å². The van der Waals surface area contributed by atoms with Crippen LogP contribution in [0.25, 0.3) is 11.0 Å². The van der Waals surface area contributed by atoms with Crippen LogP contribution in [-0.2, 0) is 17.6 Å². The Bertz CT molecular complexity index is 807. The standard InChI is InChI=1S/C17H19N3O2S/c1-11(2)17-19-12(10-23-17)7-8-18-16(21)9-14-13-5-3-4-6-15(13)22-20-14/h3-6,10-11H,7-9H2,1-2H3,(H,18,21). The van der Waals surface area contributed by atoms with Crippen molar-refractivity contribution in [1.29, 1.82) is 0 Å². The fourth-order valence-electron chi connectivity index (χ4n) is 2.31. The molecule has 0 aliphatic rings. The number of para-hydroxylation sites is 1. The summed E-state index contributed by atoms with van der Waals surface area (Å²) in [5, 5.41) is 11.0. The third kappa shape index (κ3) is 3.76. The molecule has 0 atom stereocenters. The summed E-state index contributed by atoms with van der Waals surface area (Å²) in [5.41, 5.74) is 2.42. The molecule has 0 saturated carbocycles. The van der Waals surface area contributed by atoms with Gasteiger partial charge in [0.05, 0.1) is 17.1 Å². The summed E-state index contributed by atoms with van der Waals surface area (Å²) in [4.78, 5) is 16.6. The number of thiazole rings is 1. The zero-order valence-electron chi connectivity index (χ0n) is 13.2. The van der Waals surface area contributed by atoms with Gasteiger partial charge in [0, 0.05) is 29.6 Å². The van der Waals surface area contributed by atoms with E-state index in [2.05, 4.69) is 34.7 Å². The molecule has 5 nitrogen and oxygen atoms in total. The van der Waals surface area contributed by atoms with Gasteiger partial charge in [-0.1, -0.05) is 31.1 Å². The van der Waals surface area contributed by atoms with Gasteiger partial charge in [-0.15, -0.1) is 11.3 Å². The quantitative estimate of drug-likeness (QED) is 0.753. The Morgan fingerprint density at radius 3 is 2.96 bits per heavy atom. The van der Waals surface area contributed by atoms with E-state index in [1.54, 1.807) is 11.3 Å². The Morgan fingerprint density at radius 1 is 1.35 bits per heavy atom. The summed E-state index contributed by atoms with van der Waals surface area (Å²) in [5.74, 6) is 0.396. The van der Waals surface area contributed by atoms with E-state index in [0.717, 1.165) is 22.5 Å². The molecular weight excluding hydrogens is 310 g/mol. The van der Waals surface area contributed by atoms with Gasteiger partial charge in [-0.3, -0.25) is 4.79 Å². The number of carbonyl (C=O) groups is 1. The minimum atomic E-state index is -0.0524. The Labute approximate surface area is 138 Å². The van der Waals surface area contributed by atoms with Crippen molar-refractivity contribution in [3.8, 4) is 0 Å². The van der Waals surface area contributed by atoms with E-state index in [1.807, 2.05) is 24.3 Å². The van der Waals surface area contributed by atoms with E-state index < -0.39 is 0 Å². The second-order valence-electron chi connectivity index (χ2n) is 5.73. The number of hydrogen-bond acceptors (Lipinski definition) is 5. The molecule has 1 aromatic carbocycles. The first-order chi connectivity index (χ1) is 11.1. The number of aromatic nitrogens is 2. The molecule has 0 radical (unpaired) electrons. The van der Waals surface area contributed by atoms with Crippen LogP contribution in [0, 0.1) is 0 Å². The van der Waals surface area contributed by atoms with Crippen molar-refractivity contribution in [1.82, 2.24) is 15.5 Å². The molecule has 0 saturated heterocycles. The van der Waals surface area contributed by atoms with Gasteiger partial charge < -0.3 is 9.84 Å². The molecule has 0 unspecified atom stereocenters. The number of hydrogen-bond donors (Lipinski definition) is 1. The lowest BCUT2D eigenvalue weighted by Gasteiger charge is -2.02. The van der Waals surface area contributed by atoms with E-state index in [4.69, 9.17) is 4.52 Å². The molecule has 120 valence electrons. The van der Waals surface area contributed by atoms with Gasteiger partial charge in [0.25, 0.3) is 0 Å². The average molecular weight is 329 g/mol. The normalized spacial score (nSPS) is 11.3. The van der Waals surface area contributed by atoms with E-state index in [1.165, 1.54) is 0 Å². The highest BCUT2D eigenvalue weighted by Gasteiger charge is 2.12. The third-order valence-corrected chi connectivity index (χ3v) is 4.74. The lowest BCUT2D eigenvalue weighted by atomic mass is 10.1. The van der Waals surface area contributed by atoms with Gasteiger partial charge in [0.15, 0.2) is 5.58 Å². The number of amides is 1. The van der Waals surface area contributed by atoms with Crippen LogP contribution in [0.3, 0.4) is 0 Å². The molecule has 1 amide bonds. The van der Waals surface area contributed by atoms with Gasteiger partial charge in [-0.2, -0.15) is 0 Å². The van der Waals surface area contributed by atoms with Gasteiger partial charge in [-0.25, -0.2) is 4.98 Å². The molecule has 0 aliphatic carbocycles. The monoisotopic (exact) mass is 329 g/mol. The summed E-state index contributed by atoms with van der Waals surface area (Å²) in [7, 11) is 0. The Hall–Kier alpha value is -2.21. The van der Waals surface area contributed by atoms with Crippen molar-refractivity contribution in [2.75, 3.05) is 6.54 Å². The van der Waals surface area contributed by atoms with Crippen molar-refractivity contribution in [2.45, 2.75) is 32.6 Å². The molecular formula is C17H19N3O2S. The second-order valence-corrected chi connectivity index (χ2v) is 6.62. The lowest BCUT2D eigenvalue weighted by Crippen LogP contribution is -2.27. The number of benzene rings is 1. The summed E-state index contributed by atoms with van der Waals surface area (Å²) in [6.07, 6.45) is 0.972. The van der Waals surface area contributed by atoms with Crippen LogP contribution in [0.5, 0.6) is 0 Å². The van der Waals surface area contributed by atoms with Crippen molar-refractivity contribution < 1.29 is 9.32 Å². The molecule has 0 bridgehead atoms. The van der Waals surface area contributed by atoms with Crippen molar-refractivity contribution in [3.05, 3.63) is 46.0 Å². The van der Waals surface area contributed by atoms with Gasteiger partial charge in [0.1, 0.15) is 5.69 Å². The highest BCUT2D eigenvalue weighted by Crippen LogP contribution is 2.19. The summed E-state index contributed by atoms with van der Waals surface area (Å²) in [6, 6.07) is 7.56. The fraction of sp³-hybridized carbons (Fsp3) is 0.353. The third-order valence-electron chi connectivity index (χ3n) is 3.55. The van der Waals surface area contributed by atoms with Crippen LogP contribution in [0.1, 0.15) is 36.2 Å². The van der Waals surface area contributed by atoms with Crippen LogP contribution in [0.2, 0.25) is 0 Å². The van der Waals surface area contributed by atoms with Crippen molar-refractivity contribution >= 4 is 28.2 Å². The second kappa shape index (κ2) is 6.91. The van der Waals surface area contributed by atoms with E-state index >= 15 is 0 Å². The minimum absolute atomic E-state index is 0.0524. The maximum Gasteiger partial charge on any atom is 0.226 e. The maximum atomic E-state index is 12.0. The largest absolute Gasteiger partial charge is 0.356 e. The first-order valence-corrected chi connectivity index (χ1v) is 8.55. The topological polar surface area (TPSA) is 68.0 Å². The van der Waals surface area contributed by atoms with Crippen LogP contribution in [-0.4, -0.2) is 22.6 Å². The predicted molar refractivity (Wildman–Crippen MR) is 90.6 cm³/mol. The van der Waals surface area contributed by atoms with Gasteiger partial charge in [-0.05, 0) is 12.1 Å². The number of fused-ring (bicyclic) bond motifs is 1. The SMILES string of the molecule is CC(C)c1nc(CCNC(=O)Cc2noc3ccccc23)cs1. The average Bonchev–Trinajstić information content (AvgIpc) is 3.15. The minimum Gasteiger partial charge on any atom is -0.356 e. The Balaban J connectivity index is 1.51. The van der Waals surface area contributed by atoms with Crippen molar-refractivity contribution in [3.63, 3.8) is 0 Å². The molecule has 0 spiro atoms. The molecule has 23 heavy (non-hydrogen) atoms. The molecule has 3 aromatic rings. The molecule has 1 N–H and O–H groups in total. The van der Waals surface area contributed by atoms with Crippen LogP contribution in [0.15, 0.2) is 34.2 Å². The number of nitrogens with one attached hydrogen (secondary N) is 1. The lowest BCUT2D eigenvalue weighted by molar-refractivity contribution is -0.120. The highest BCUT2D eigenvalue weighted by molar-refractivity contribution is 7.09. The summed E-state index contributed by atoms with van der Waals surface area (Å²) < 4.78 is 5.21. The Kier molecular flexibility index (Phi) is 4.71. The van der Waals surface area contributed by atoms with Crippen molar-refractivity contribution in [2.24, 2.45) is 0 Å². The predicted octanol–water partition coefficient (Wildman–Crippen LogP) is 3.31. The zero-order valence-corrected chi connectivity index (χ0v) is 14.0. The van der Waals surface area contributed by atoms with Crippen LogP contribution >= 0.6 is 11.3 Å². The summed E-state index contributed by atoms with van der Waals surface area (Å²) in [6.45, 7) is 4.84. The first kappa shape index (κ1) is 15.7. The smallest absolute Gasteiger partial charge is 0.226 e. The fourth-order valence-corrected chi connectivity index (χ4v) is 3.18. The number of carbonyl (C=O) groups excluding carboxylic acids is 1.